The molecule has 0 aliphatic rings. The van der Waals surface area contributed by atoms with Crippen LogP contribution in [0.2, 0.25) is 0 Å². The number of carbonyl (C=O) groups is 1. The van der Waals surface area contributed by atoms with E-state index < -0.39 is 0 Å². The Hall–Kier alpha value is -2.29. The van der Waals surface area contributed by atoms with Crippen LogP contribution >= 0.6 is 0 Å². The molecule has 0 aliphatic carbocycles. The number of benzene rings is 2. The van der Waals surface area contributed by atoms with Gasteiger partial charge in [0, 0.05) is 17.8 Å². The molecule has 0 atom stereocenters. The van der Waals surface area contributed by atoms with Gasteiger partial charge in [0.15, 0.2) is 0 Å². The van der Waals surface area contributed by atoms with E-state index in [1.807, 2.05) is 56.3 Å². The fourth-order valence-corrected chi connectivity index (χ4v) is 1.96. The maximum atomic E-state index is 12.2. The molecule has 0 fully saturated rings. The lowest BCUT2D eigenvalue weighted by Gasteiger charge is -2.10. The minimum absolute atomic E-state index is 0.0653. The first kappa shape index (κ1) is 13.1. The Balaban J connectivity index is 2.10. The van der Waals surface area contributed by atoms with Crippen molar-refractivity contribution in [3.63, 3.8) is 0 Å². The summed E-state index contributed by atoms with van der Waals surface area (Å²) in [6.45, 7) is 4.40. The van der Waals surface area contributed by atoms with Crippen molar-refractivity contribution >= 4 is 11.6 Å². The van der Waals surface area contributed by atoms with Gasteiger partial charge in [-0.25, -0.2) is 0 Å². The highest BCUT2D eigenvalue weighted by Gasteiger charge is 2.10. The highest BCUT2D eigenvalue weighted by molar-refractivity contribution is 5.95. The van der Waals surface area contributed by atoms with Gasteiger partial charge >= 0.3 is 0 Å². The molecule has 0 aliphatic heterocycles. The van der Waals surface area contributed by atoms with Crippen molar-refractivity contribution in [1.82, 2.24) is 5.32 Å². The van der Waals surface area contributed by atoms with E-state index in [0.717, 1.165) is 22.3 Å². The maximum Gasteiger partial charge on any atom is 0.251 e. The van der Waals surface area contributed by atoms with Gasteiger partial charge in [-0.3, -0.25) is 4.79 Å². The molecule has 0 saturated carbocycles. The van der Waals surface area contributed by atoms with Crippen LogP contribution in [0.5, 0.6) is 0 Å². The Morgan fingerprint density at radius 3 is 2.58 bits per heavy atom. The van der Waals surface area contributed by atoms with Crippen LogP contribution in [0, 0.1) is 13.8 Å². The Labute approximate surface area is 113 Å². The molecular formula is C16H18N2O. The summed E-state index contributed by atoms with van der Waals surface area (Å²) < 4.78 is 0. The van der Waals surface area contributed by atoms with Gasteiger partial charge in [-0.2, -0.15) is 0 Å². The van der Waals surface area contributed by atoms with E-state index >= 15 is 0 Å². The van der Waals surface area contributed by atoms with Crippen molar-refractivity contribution in [3.05, 3.63) is 64.7 Å². The molecule has 3 N–H and O–H groups in total. The van der Waals surface area contributed by atoms with Gasteiger partial charge in [0.25, 0.3) is 5.91 Å². The molecular weight excluding hydrogens is 236 g/mol. The zero-order valence-electron chi connectivity index (χ0n) is 11.2. The summed E-state index contributed by atoms with van der Waals surface area (Å²) in [5.74, 6) is -0.0653. The Bertz CT molecular complexity index is 605. The van der Waals surface area contributed by atoms with Crippen molar-refractivity contribution in [2.45, 2.75) is 20.4 Å². The number of hydrogen-bond acceptors (Lipinski definition) is 2. The standard InChI is InChI=1S/C16H18N2O/c1-11-6-5-8-14(12(11)2)16(19)18-10-13-7-3-4-9-15(13)17/h3-9H,10,17H2,1-2H3,(H,18,19). The lowest BCUT2D eigenvalue weighted by Crippen LogP contribution is -2.24. The number of nitrogens with one attached hydrogen (secondary N) is 1. The summed E-state index contributed by atoms with van der Waals surface area (Å²) in [6.07, 6.45) is 0. The molecule has 0 radical (unpaired) electrons. The van der Waals surface area contributed by atoms with Crippen molar-refractivity contribution in [2.75, 3.05) is 5.73 Å². The second-order valence-corrected chi connectivity index (χ2v) is 4.63. The second-order valence-electron chi connectivity index (χ2n) is 4.63. The molecule has 1 amide bonds. The SMILES string of the molecule is Cc1cccc(C(=O)NCc2ccccc2N)c1C. The van der Waals surface area contributed by atoms with Gasteiger partial charge in [0.1, 0.15) is 0 Å². The normalized spacial score (nSPS) is 10.2. The number of para-hydroxylation sites is 1. The van der Waals surface area contributed by atoms with Crippen LogP contribution < -0.4 is 11.1 Å². The summed E-state index contributed by atoms with van der Waals surface area (Å²) in [5, 5.41) is 2.91. The number of carbonyl (C=O) groups excluding carboxylic acids is 1. The first-order valence-corrected chi connectivity index (χ1v) is 6.27. The molecule has 3 nitrogen and oxygen atoms in total. The fourth-order valence-electron chi connectivity index (χ4n) is 1.96. The molecule has 0 aromatic heterocycles. The molecule has 3 heteroatoms. The summed E-state index contributed by atoms with van der Waals surface area (Å²) in [6, 6.07) is 13.3. The Morgan fingerprint density at radius 2 is 1.84 bits per heavy atom. The minimum atomic E-state index is -0.0653. The summed E-state index contributed by atoms with van der Waals surface area (Å²) in [5.41, 5.74) is 10.3. The van der Waals surface area contributed by atoms with E-state index in [4.69, 9.17) is 5.73 Å². The molecule has 0 bridgehead atoms. The van der Waals surface area contributed by atoms with Crippen molar-refractivity contribution in [1.29, 1.82) is 0 Å². The number of nitrogen functional groups attached to an aromatic ring is 1. The smallest absolute Gasteiger partial charge is 0.251 e. The van der Waals surface area contributed by atoms with Crippen molar-refractivity contribution in [3.8, 4) is 0 Å². The van der Waals surface area contributed by atoms with Gasteiger partial charge in [-0.05, 0) is 42.7 Å². The van der Waals surface area contributed by atoms with Crippen LogP contribution in [-0.2, 0) is 6.54 Å². The predicted octanol–water partition coefficient (Wildman–Crippen LogP) is 2.82. The van der Waals surface area contributed by atoms with Crippen LogP contribution in [0.3, 0.4) is 0 Å². The van der Waals surface area contributed by atoms with E-state index in [1.54, 1.807) is 0 Å². The van der Waals surface area contributed by atoms with Gasteiger partial charge in [-0.15, -0.1) is 0 Å². The van der Waals surface area contributed by atoms with Crippen LogP contribution in [0.4, 0.5) is 5.69 Å². The summed E-state index contributed by atoms with van der Waals surface area (Å²) in [4.78, 5) is 12.2. The average Bonchev–Trinajstić information content (AvgIpc) is 2.40. The maximum absolute atomic E-state index is 12.2. The molecule has 2 rings (SSSR count). The van der Waals surface area contributed by atoms with E-state index in [1.165, 1.54) is 0 Å². The largest absolute Gasteiger partial charge is 0.398 e. The van der Waals surface area contributed by atoms with E-state index in [9.17, 15) is 4.79 Å². The lowest BCUT2D eigenvalue weighted by molar-refractivity contribution is 0.0950. The van der Waals surface area contributed by atoms with Crippen LogP contribution in [0.25, 0.3) is 0 Å². The zero-order chi connectivity index (χ0) is 13.8. The first-order chi connectivity index (χ1) is 9.09. The molecule has 0 heterocycles. The van der Waals surface area contributed by atoms with E-state index in [-0.39, 0.29) is 5.91 Å². The number of aryl methyl sites for hydroxylation is 1. The molecule has 19 heavy (non-hydrogen) atoms. The third-order valence-corrected chi connectivity index (χ3v) is 3.34. The van der Waals surface area contributed by atoms with Gasteiger partial charge in [0.05, 0.1) is 0 Å². The minimum Gasteiger partial charge on any atom is -0.398 e. The molecule has 2 aromatic rings. The number of amides is 1. The first-order valence-electron chi connectivity index (χ1n) is 6.27. The third kappa shape index (κ3) is 2.94. The van der Waals surface area contributed by atoms with Gasteiger partial charge in [-0.1, -0.05) is 30.3 Å². The fraction of sp³-hybridized carbons (Fsp3) is 0.188. The molecule has 0 spiro atoms. The number of anilines is 1. The zero-order valence-corrected chi connectivity index (χ0v) is 11.2. The quantitative estimate of drug-likeness (QED) is 0.827. The Morgan fingerprint density at radius 1 is 1.11 bits per heavy atom. The molecule has 0 unspecified atom stereocenters. The number of nitrogens with two attached hydrogens (primary N) is 1. The van der Waals surface area contributed by atoms with Crippen LogP contribution in [0.15, 0.2) is 42.5 Å². The van der Waals surface area contributed by atoms with Crippen LogP contribution in [-0.4, -0.2) is 5.91 Å². The van der Waals surface area contributed by atoms with Gasteiger partial charge < -0.3 is 11.1 Å². The summed E-state index contributed by atoms with van der Waals surface area (Å²) in [7, 11) is 0. The van der Waals surface area contributed by atoms with E-state index in [2.05, 4.69) is 5.32 Å². The van der Waals surface area contributed by atoms with Crippen molar-refractivity contribution in [2.24, 2.45) is 0 Å². The summed E-state index contributed by atoms with van der Waals surface area (Å²) >= 11 is 0. The monoisotopic (exact) mass is 254 g/mol. The molecule has 98 valence electrons. The van der Waals surface area contributed by atoms with Crippen LogP contribution in [0.1, 0.15) is 27.0 Å². The molecule has 2 aromatic carbocycles. The second kappa shape index (κ2) is 5.57. The number of rotatable bonds is 3. The highest BCUT2D eigenvalue weighted by atomic mass is 16.1. The third-order valence-electron chi connectivity index (χ3n) is 3.34. The topological polar surface area (TPSA) is 55.1 Å². The highest BCUT2D eigenvalue weighted by Crippen LogP contribution is 2.14. The average molecular weight is 254 g/mol. The van der Waals surface area contributed by atoms with E-state index in [0.29, 0.717) is 12.2 Å². The predicted molar refractivity (Wildman–Crippen MR) is 77.9 cm³/mol. The lowest BCUT2D eigenvalue weighted by atomic mass is 10.0. The molecule has 0 saturated heterocycles. The van der Waals surface area contributed by atoms with Crippen molar-refractivity contribution < 1.29 is 4.79 Å². The van der Waals surface area contributed by atoms with Gasteiger partial charge in [0.2, 0.25) is 0 Å². The number of hydrogen-bond donors (Lipinski definition) is 2. The Kier molecular flexibility index (Phi) is 3.85.